The van der Waals surface area contributed by atoms with Crippen LogP contribution >= 0.6 is 11.3 Å². The first kappa shape index (κ1) is 18.8. The number of aryl methyl sites for hydroxylation is 3. The Bertz CT molecular complexity index is 1360. The van der Waals surface area contributed by atoms with E-state index in [0.717, 1.165) is 20.8 Å². The summed E-state index contributed by atoms with van der Waals surface area (Å²) in [5.74, 6) is -0.475. The maximum atomic E-state index is 12.7. The number of aromatic nitrogens is 5. The van der Waals surface area contributed by atoms with Crippen LogP contribution in [0.2, 0.25) is 0 Å². The molecule has 0 atom stereocenters. The average molecular weight is 410 g/mol. The van der Waals surface area contributed by atoms with Crippen LogP contribution in [0.25, 0.3) is 22.4 Å². The van der Waals surface area contributed by atoms with Crippen LogP contribution in [-0.4, -0.2) is 29.6 Å². The molecule has 0 spiro atoms. The van der Waals surface area contributed by atoms with Gasteiger partial charge in [0, 0.05) is 30.7 Å². The van der Waals surface area contributed by atoms with Crippen molar-refractivity contribution < 1.29 is 4.79 Å². The molecular formula is C19H18N6O3S. The molecule has 3 heterocycles. The highest BCUT2D eigenvalue weighted by Gasteiger charge is 2.17. The fraction of sp³-hybridized carbons (Fsp3) is 0.211. The van der Waals surface area contributed by atoms with Crippen molar-refractivity contribution in [2.75, 3.05) is 5.32 Å². The van der Waals surface area contributed by atoms with E-state index in [1.54, 1.807) is 30.5 Å². The first-order chi connectivity index (χ1) is 13.8. The van der Waals surface area contributed by atoms with E-state index in [1.807, 2.05) is 24.4 Å². The average Bonchev–Trinajstić information content (AvgIpc) is 3.30. The summed E-state index contributed by atoms with van der Waals surface area (Å²) in [4.78, 5) is 46.3. The number of nitrogens with zero attached hydrogens (tertiary/aromatic N) is 5. The SMILES string of the molecule is Cc1nc(-c2cccc(NC(=O)Cn3c(=O)c4c(ncn4C)n(C)c3=O)c2)cs1. The van der Waals surface area contributed by atoms with E-state index in [0.29, 0.717) is 5.69 Å². The van der Waals surface area contributed by atoms with Gasteiger partial charge in [0.2, 0.25) is 5.91 Å². The van der Waals surface area contributed by atoms with E-state index >= 15 is 0 Å². The highest BCUT2D eigenvalue weighted by atomic mass is 32.1. The summed E-state index contributed by atoms with van der Waals surface area (Å²) in [5.41, 5.74) is 1.66. The molecule has 148 valence electrons. The van der Waals surface area contributed by atoms with Gasteiger partial charge in [-0.3, -0.25) is 14.2 Å². The van der Waals surface area contributed by atoms with Gasteiger partial charge in [-0.15, -0.1) is 11.3 Å². The molecular weight excluding hydrogens is 392 g/mol. The lowest BCUT2D eigenvalue weighted by Gasteiger charge is -2.10. The van der Waals surface area contributed by atoms with E-state index in [4.69, 9.17) is 0 Å². The number of carbonyl (C=O) groups excluding carboxylic acids is 1. The summed E-state index contributed by atoms with van der Waals surface area (Å²) in [6, 6.07) is 7.26. The number of benzene rings is 1. The largest absolute Gasteiger partial charge is 0.332 e. The van der Waals surface area contributed by atoms with Crippen molar-refractivity contribution in [2.45, 2.75) is 13.5 Å². The Morgan fingerprint density at radius 1 is 1.24 bits per heavy atom. The van der Waals surface area contributed by atoms with Gasteiger partial charge in [-0.2, -0.15) is 0 Å². The number of rotatable bonds is 4. The number of hydrogen-bond acceptors (Lipinski definition) is 6. The third kappa shape index (κ3) is 3.38. The third-order valence-corrected chi connectivity index (χ3v) is 5.34. The quantitative estimate of drug-likeness (QED) is 0.549. The molecule has 4 aromatic rings. The van der Waals surface area contributed by atoms with E-state index in [1.165, 1.54) is 22.5 Å². The van der Waals surface area contributed by atoms with Gasteiger partial charge in [0.15, 0.2) is 11.2 Å². The fourth-order valence-corrected chi connectivity index (χ4v) is 3.75. The molecule has 0 fully saturated rings. The van der Waals surface area contributed by atoms with Crippen LogP contribution in [0.5, 0.6) is 0 Å². The Morgan fingerprint density at radius 3 is 2.76 bits per heavy atom. The van der Waals surface area contributed by atoms with Crippen molar-refractivity contribution in [1.82, 2.24) is 23.7 Å². The second-order valence-electron chi connectivity index (χ2n) is 6.64. The van der Waals surface area contributed by atoms with Crippen molar-refractivity contribution in [3.63, 3.8) is 0 Å². The zero-order chi connectivity index (χ0) is 20.7. The van der Waals surface area contributed by atoms with Crippen molar-refractivity contribution in [3.8, 4) is 11.3 Å². The molecule has 0 aliphatic heterocycles. The van der Waals surface area contributed by atoms with Crippen LogP contribution in [-0.2, 0) is 25.4 Å². The van der Waals surface area contributed by atoms with Gasteiger partial charge in [-0.25, -0.2) is 19.3 Å². The van der Waals surface area contributed by atoms with Crippen LogP contribution in [0, 0.1) is 6.92 Å². The number of fused-ring (bicyclic) bond motifs is 1. The number of carbonyl (C=O) groups is 1. The molecule has 3 aromatic heterocycles. The predicted octanol–water partition coefficient (Wildman–Crippen LogP) is 1.50. The Morgan fingerprint density at radius 2 is 2.03 bits per heavy atom. The molecule has 10 heteroatoms. The minimum atomic E-state index is -0.594. The molecule has 0 unspecified atom stereocenters. The van der Waals surface area contributed by atoms with Crippen molar-refractivity contribution in [3.05, 3.63) is 61.8 Å². The highest BCUT2D eigenvalue weighted by Crippen LogP contribution is 2.24. The summed E-state index contributed by atoms with van der Waals surface area (Å²) < 4.78 is 3.70. The second kappa shape index (κ2) is 7.13. The number of hydrogen-bond donors (Lipinski definition) is 1. The molecule has 29 heavy (non-hydrogen) atoms. The van der Waals surface area contributed by atoms with Crippen LogP contribution in [0.3, 0.4) is 0 Å². The molecule has 9 nitrogen and oxygen atoms in total. The molecule has 0 aliphatic carbocycles. The summed E-state index contributed by atoms with van der Waals surface area (Å²) in [5, 5.41) is 5.65. The zero-order valence-electron chi connectivity index (χ0n) is 16.0. The molecule has 0 radical (unpaired) electrons. The Labute approximate surface area is 168 Å². The summed E-state index contributed by atoms with van der Waals surface area (Å²) >= 11 is 1.55. The topological polar surface area (TPSA) is 104 Å². The van der Waals surface area contributed by atoms with E-state index in [2.05, 4.69) is 15.3 Å². The molecule has 0 saturated carbocycles. The normalized spacial score (nSPS) is 11.1. The van der Waals surface area contributed by atoms with Crippen LogP contribution in [0.4, 0.5) is 5.69 Å². The highest BCUT2D eigenvalue weighted by molar-refractivity contribution is 7.09. The number of amides is 1. The first-order valence-electron chi connectivity index (χ1n) is 8.78. The van der Waals surface area contributed by atoms with Gasteiger partial charge in [0.25, 0.3) is 5.56 Å². The minimum Gasteiger partial charge on any atom is -0.328 e. The van der Waals surface area contributed by atoms with Gasteiger partial charge in [0.1, 0.15) is 6.54 Å². The molecule has 0 saturated heterocycles. The van der Waals surface area contributed by atoms with Crippen molar-refractivity contribution in [2.24, 2.45) is 14.1 Å². The maximum absolute atomic E-state index is 12.7. The van der Waals surface area contributed by atoms with E-state index < -0.39 is 23.7 Å². The molecule has 4 rings (SSSR count). The number of anilines is 1. The van der Waals surface area contributed by atoms with E-state index in [-0.39, 0.29) is 11.2 Å². The number of thiazole rings is 1. The fourth-order valence-electron chi connectivity index (χ4n) is 3.13. The Balaban J connectivity index is 1.62. The lowest BCUT2D eigenvalue weighted by atomic mass is 10.1. The minimum absolute atomic E-state index is 0.265. The standard InChI is InChI=1S/C19H18N6O3S/c1-11-21-14(9-29-11)12-5-4-6-13(7-12)22-15(26)8-25-18(27)16-17(20-10-23(16)2)24(3)19(25)28/h4-7,9-10H,8H2,1-3H3,(H,22,26). The summed E-state index contributed by atoms with van der Waals surface area (Å²) in [6.07, 6.45) is 1.46. The lowest BCUT2D eigenvalue weighted by Crippen LogP contribution is -2.42. The Kier molecular flexibility index (Phi) is 4.63. The number of nitrogens with one attached hydrogen (secondary N) is 1. The third-order valence-electron chi connectivity index (χ3n) is 4.56. The first-order valence-corrected chi connectivity index (χ1v) is 9.66. The predicted molar refractivity (Wildman–Crippen MR) is 111 cm³/mol. The zero-order valence-corrected chi connectivity index (χ0v) is 16.9. The van der Waals surface area contributed by atoms with Crippen LogP contribution in [0.1, 0.15) is 5.01 Å². The van der Waals surface area contributed by atoms with Crippen LogP contribution in [0.15, 0.2) is 45.6 Å². The molecule has 0 aliphatic rings. The molecule has 1 N–H and O–H groups in total. The summed E-state index contributed by atoms with van der Waals surface area (Å²) in [7, 11) is 3.18. The van der Waals surface area contributed by atoms with Crippen molar-refractivity contribution >= 4 is 34.1 Å². The van der Waals surface area contributed by atoms with Gasteiger partial charge in [0.05, 0.1) is 17.0 Å². The number of imidazole rings is 1. The lowest BCUT2D eigenvalue weighted by molar-refractivity contribution is -0.116. The van der Waals surface area contributed by atoms with Gasteiger partial charge < -0.3 is 9.88 Å². The summed E-state index contributed by atoms with van der Waals surface area (Å²) in [6.45, 7) is 1.53. The van der Waals surface area contributed by atoms with Crippen molar-refractivity contribution in [1.29, 1.82) is 0 Å². The molecule has 1 aromatic carbocycles. The monoisotopic (exact) mass is 410 g/mol. The van der Waals surface area contributed by atoms with E-state index in [9.17, 15) is 14.4 Å². The second-order valence-corrected chi connectivity index (χ2v) is 7.70. The maximum Gasteiger partial charge on any atom is 0.332 e. The smallest absolute Gasteiger partial charge is 0.328 e. The molecule has 0 bridgehead atoms. The molecule has 1 amide bonds. The van der Waals surface area contributed by atoms with Gasteiger partial charge >= 0.3 is 5.69 Å². The van der Waals surface area contributed by atoms with Gasteiger partial charge in [-0.1, -0.05) is 12.1 Å². The van der Waals surface area contributed by atoms with Crippen LogP contribution < -0.4 is 16.6 Å². The van der Waals surface area contributed by atoms with Gasteiger partial charge in [-0.05, 0) is 19.1 Å². The Hall–Kier alpha value is -3.53.